The predicted molar refractivity (Wildman–Crippen MR) is 61.0 cm³/mol. The molecular formula is C13H12FNO3. The molecule has 0 saturated carbocycles. The molecule has 0 saturated heterocycles. The normalized spacial score (nSPS) is 11.4. The Balaban J connectivity index is 3.01. The molecule has 0 amide bonds. The van der Waals surface area contributed by atoms with E-state index in [1.165, 1.54) is 26.2 Å². The SMILES string of the molecule is COC(=O)C(Cc1cc(F)cc(C#N)c1)C(C)=O. The summed E-state index contributed by atoms with van der Waals surface area (Å²) in [7, 11) is 1.19. The molecule has 1 rings (SSSR count). The predicted octanol–water partition coefficient (Wildman–Crippen LogP) is 1.62. The van der Waals surface area contributed by atoms with Crippen molar-refractivity contribution in [1.29, 1.82) is 5.26 Å². The molecule has 0 aromatic heterocycles. The molecule has 0 N–H and O–H groups in total. The minimum Gasteiger partial charge on any atom is -0.468 e. The molecule has 0 fully saturated rings. The maximum atomic E-state index is 13.2. The van der Waals surface area contributed by atoms with Gasteiger partial charge in [-0.1, -0.05) is 0 Å². The second-order valence-corrected chi connectivity index (χ2v) is 3.85. The van der Waals surface area contributed by atoms with Gasteiger partial charge in [-0.05, 0) is 37.1 Å². The van der Waals surface area contributed by atoms with E-state index in [1.807, 2.05) is 6.07 Å². The highest BCUT2D eigenvalue weighted by atomic mass is 19.1. The average Bonchev–Trinajstić information content (AvgIpc) is 2.34. The molecule has 0 aliphatic carbocycles. The molecule has 0 aliphatic heterocycles. The number of carbonyl (C=O) groups is 2. The summed E-state index contributed by atoms with van der Waals surface area (Å²) in [6, 6.07) is 5.54. The van der Waals surface area contributed by atoms with E-state index in [0.29, 0.717) is 5.56 Å². The zero-order chi connectivity index (χ0) is 13.7. The van der Waals surface area contributed by atoms with Crippen molar-refractivity contribution < 1.29 is 18.7 Å². The molecule has 1 atom stereocenters. The Hall–Kier alpha value is -2.22. The lowest BCUT2D eigenvalue weighted by Crippen LogP contribution is -2.25. The van der Waals surface area contributed by atoms with Gasteiger partial charge in [-0.3, -0.25) is 9.59 Å². The van der Waals surface area contributed by atoms with Gasteiger partial charge >= 0.3 is 5.97 Å². The molecule has 0 radical (unpaired) electrons. The number of hydrogen-bond donors (Lipinski definition) is 0. The fraction of sp³-hybridized carbons (Fsp3) is 0.308. The molecule has 0 heterocycles. The first kappa shape index (κ1) is 13.8. The molecule has 1 unspecified atom stereocenters. The van der Waals surface area contributed by atoms with Gasteiger partial charge in [-0.25, -0.2) is 4.39 Å². The topological polar surface area (TPSA) is 67.2 Å². The van der Waals surface area contributed by atoms with Crippen LogP contribution in [0.4, 0.5) is 4.39 Å². The summed E-state index contributed by atoms with van der Waals surface area (Å²) in [5.41, 5.74) is 0.564. The minimum atomic E-state index is -0.969. The van der Waals surface area contributed by atoms with Gasteiger partial charge in [0.25, 0.3) is 0 Å². The standard InChI is InChI=1S/C13H12FNO3/c1-8(16)12(13(17)18-2)6-9-3-10(7-15)5-11(14)4-9/h3-5,12H,6H2,1-2H3. The van der Waals surface area contributed by atoms with E-state index in [-0.39, 0.29) is 17.8 Å². The van der Waals surface area contributed by atoms with E-state index in [9.17, 15) is 14.0 Å². The Morgan fingerprint density at radius 1 is 1.44 bits per heavy atom. The van der Waals surface area contributed by atoms with Crippen LogP contribution in [0, 0.1) is 23.1 Å². The van der Waals surface area contributed by atoms with Gasteiger partial charge in [0.05, 0.1) is 18.7 Å². The second-order valence-electron chi connectivity index (χ2n) is 3.85. The first-order valence-electron chi connectivity index (χ1n) is 5.25. The summed E-state index contributed by atoms with van der Waals surface area (Å²) in [4.78, 5) is 22.7. The zero-order valence-corrected chi connectivity index (χ0v) is 10.1. The van der Waals surface area contributed by atoms with Gasteiger partial charge in [-0.2, -0.15) is 5.26 Å². The van der Waals surface area contributed by atoms with Crippen LogP contribution in [0.2, 0.25) is 0 Å². The molecular weight excluding hydrogens is 237 g/mol. The van der Waals surface area contributed by atoms with Crippen LogP contribution in [0.3, 0.4) is 0 Å². The number of methoxy groups -OCH3 is 1. The maximum Gasteiger partial charge on any atom is 0.316 e. The van der Waals surface area contributed by atoms with E-state index in [0.717, 1.165) is 6.07 Å². The number of rotatable bonds is 4. The van der Waals surface area contributed by atoms with Crippen molar-refractivity contribution in [2.45, 2.75) is 13.3 Å². The summed E-state index contributed by atoms with van der Waals surface area (Å²) in [6.07, 6.45) is 0.0223. The Bertz CT molecular complexity index is 519. The highest BCUT2D eigenvalue weighted by molar-refractivity contribution is 5.97. The van der Waals surface area contributed by atoms with Crippen molar-refractivity contribution in [2.24, 2.45) is 5.92 Å². The number of Topliss-reactive ketones (excluding diaryl/α,β-unsaturated/α-hetero) is 1. The molecule has 18 heavy (non-hydrogen) atoms. The summed E-state index contributed by atoms with van der Waals surface area (Å²) < 4.78 is 17.7. The first-order chi connectivity index (χ1) is 8.47. The third-order valence-corrected chi connectivity index (χ3v) is 2.50. The van der Waals surface area contributed by atoms with Crippen molar-refractivity contribution in [3.63, 3.8) is 0 Å². The van der Waals surface area contributed by atoms with E-state index in [4.69, 9.17) is 5.26 Å². The van der Waals surface area contributed by atoms with Gasteiger partial charge in [0, 0.05) is 0 Å². The fourth-order valence-electron chi connectivity index (χ4n) is 1.60. The molecule has 0 aliphatic rings. The Kier molecular flexibility index (Phi) is 4.55. The van der Waals surface area contributed by atoms with Gasteiger partial charge in [-0.15, -0.1) is 0 Å². The minimum absolute atomic E-state index is 0.0223. The molecule has 5 heteroatoms. The maximum absolute atomic E-state index is 13.2. The van der Waals surface area contributed by atoms with Gasteiger partial charge < -0.3 is 4.74 Å². The Morgan fingerprint density at radius 3 is 2.61 bits per heavy atom. The zero-order valence-electron chi connectivity index (χ0n) is 10.1. The largest absolute Gasteiger partial charge is 0.468 e. The number of esters is 1. The second kappa shape index (κ2) is 5.92. The lowest BCUT2D eigenvalue weighted by Gasteiger charge is -2.11. The van der Waals surface area contributed by atoms with Crippen LogP contribution in [0.5, 0.6) is 0 Å². The summed E-state index contributed by atoms with van der Waals surface area (Å²) in [5, 5.41) is 8.71. The monoisotopic (exact) mass is 249 g/mol. The molecule has 94 valence electrons. The fourth-order valence-corrected chi connectivity index (χ4v) is 1.60. The van der Waals surface area contributed by atoms with Crippen LogP contribution in [0.25, 0.3) is 0 Å². The number of ether oxygens (including phenoxy) is 1. The number of nitriles is 1. The van der Waals surface area contributed by atoms with Crippen molar-refractivity contribution >= 4 is 11.8 Å². The van der Waals surface area contributed by atoms with E-state index >= 15 is 0 Å². The number of hydrogen-bond acceptors (Lipinski definition) is 4. The third-order valence-electron chi connectivity index (χ3n) is 2.50. The van der Waals surface area contributed by atoms with Crippen LogP contribution >= 0.6 is 0 Å². The molecule has 1 aromatic rings. The molecule has 1 aromatic carbocycles. The smallest absolute Gasteiger partial charge is 0.316 e. The highest BCUT2D eigenvalue weighted by Gasteiger charge is 2.24. The summed E-state index contributed by atoms with van der Waals surface area (Å²) in [6.45, 7) is 1.27. The number of benzene rings is 1. The number of nitrogens with zero attached hydrogens (tertiary/aromatic N) is 1. The third kappa shape index (κ3) is 3.39. The van der Waals surface area contributed by atoms with Crippen molar-refractivity contribution in [3.8, 4) is 6.07 Å². The number of ketones is 1. The van der Waals surface area contributed by atoms with E-state index in [2.05, 4.69) is 4.74 Å². The Labute approximate surface area is 104 Å². The van der Waals surface area contributed by atoms with E-state index < -0.39 is 17.7 Å². The molecule has 0 spiro atoms. The number of halogens is 1. The van der Waals surface area contributed by atoms with Crippen LogP contribution in [-0.2, 0) is 20.7 Å². The van der Waals surface area contributed by atoms with Crippen LogP contribution in [0.1, 0.15) is 18.1 Å². The molecule has 4 nitrogen and oxygen atoms in total. The van der Waals surface area contributed by atoms with Crippen molar-refractivity contribution in [3.05, 3.63) is 35.1 Å². The van der Waals surface area contributed by atoms with Crippen LogP contribution in [0.15, 0.2) is 18.2 Å². The lowest BCUT2D eigenvalue weighted by molar-refractivity contribution is -0.148. The van der Waals surface area contributed by atoms with Gasteiger partial charge in [0.2, 0.25) is 0 Å². The van der Waals surface area contributed by atoms with Gasteiger partial charge in [0.1, 0.15) is 17.5 Å². The summed E-state index contributed by atoms with van der Waals surface area (Å²) in [5.74, 6) is -2.56. The number of carbonyl (C=O) groups excluding carboxylic acids is 2. The average molecular weight is 249 g/mol. The van der Waals surface area contributed by atoms with Gasteiger partial charge in [0.15, 0.2) is 0 Å². The van der Waals surface area contributed by atoms with Crippen LogP contribution in [-0.4, -0.2) is 18.9 Å². The quantitative estimate of drug-likeness (QED) is 0.600. The first-order valence-corrected chi connectivity index (χ1v) is 5.25. The van der Waals surface area contributed by atoms with E-state index in [1.54, 1.807) is 0 Å². The Morgan fingerprint density at radius 2 is 2.11 bits per heavy atom. The molecule has 0 bridgehead atoms. The van der Waals surface area contributed by atoms with Crippen LogP contribution < -0.4 is 0 Å². The highest BCUT2D eigenvalue weighted by Crippen LogP contribution is 2.15. The van der Waals surface area contributed by atoms with Crippen molar-refractivity contribution in [2.75, 3.05) is 7.11 Å². The summed E-state index contributed by atoms with van der Waals surface area (Å²) >= 11 is 0. The lowest BCUT2D eigenvalue weighted by atomic mass is 9.95. The van der Waals surface area contributed by atoms with Crippen molar-refractivity contribution in [1.82, 2.24) is 0 Å².